The second-order valence-electron chi connectivity index (χ2n) is 8.45. The van der Waals surface area contributed by atoms with E-state index in [1.54, 1.807) is 23.1 Å². The molecule has 1 N–H and O–H groups in total. The molecule has 0 bridgehead atoms. The van der Waals surface area contributed by atoms with Gasteiger partial charge in [0.05, 0.1) is 11.8 Å². The monoisotopic (exact) mass is 487 g/mol. The number of halogens is 3. The minimum absolute atomic E-state index is 0.0497. The summed E-state index contributed by atoms with van der Waals surface area (Å²) in [6.07, 6.45) is -2.03. The van der Waals surface area contributed by atoms with Gasteiger partial charge in [-0.05, 0) is 43.2 Å². The van der Waals surface area contributed by atoms with Crippen molar-refractivity contribution in [3.8, 4) is 5.75 Å². The smallest absolute Gasteiger partial charge is 0.416 e. The van der Waals surface area contributed by atoms with Crippen LogP contribution in [-0.4, -0.2) is 41.1 Å². The van der Waals surface area contributed by atoms with Crippen LogP contribution in [0.15, 0.2) is 53.2 Å². The van der Waals surface area contributed by atoms with Gasteiger partial charge in [0.25, 0.3) is 11.8 Å². The molecule has 0 spiro atoms. The zero-order valence-electron chi connectivity index (χ0n) is 19.2. The summed E-state index contributed by atoms with van der Waals surface area (Å²) >= 11 is 0. The first-order chi connectivity index (χ1) is 16.6. The molecule has 3 aromatic rings. The van der Waals surface area contributed by atoms with Crippen LogP contribution >= 0.6 is 0 Å². The lowest BCUT2D eigenvalue weighted by Gasteiger charge is -2.32. The Kier molecular flexibility index (Phi) is 6.81. The van der Waals surface area contributed by atoms with Gasteiger partial charge in [-0.3, -0.25) is 9.59 Å². The molecular formula is C25H24F3N3O4. The Morgan fingerprint density at radius 2 is 1.77 bits per heavy atom. The van der Waals surface area contributed by atoms with Crippen molar-refractivity contribution in [2.24, 2.45) is 0 Å². The molecule has 2 heterocycles. The topological polar surface area (TPSA) is 84.7 Å². The first-order valence-corrected chi connectivity index (χ1v) is 11.1. The Morgan fingerprint density at radius 3 is 2.43 bits per heavy atom. The number of aryl methyl sites for hydroxylation is 2. The average Bonchev–Trinajstić information content (AvgIpc) is 3.36. The molecule has 0 radical (unpaired) electrons. The average molecular weight is 487 g/mol. The summed E-state index contributed by atoms with van der Waals surface area (Å²) in [5, 5.41) is 6.20. The number of piperidine rings is 1. The molecule has 10 heteroatoms. The molecule has 1 aliphatic heterocycles. The molecular weight excluding hydrogens is 463 g/mol. The predicted octanol–water partition coefficient (Wildman–Crippen LogP) is 5.25. The predicted molar refractivity (Wildman–Crippen MR) is 121 cm³/mol. The summed E-state index contributed by atoms with van der Waals surface area (Å²) in [6.45, 7) is 4.20. The molecule has 0 aliphatic carbocycles. The normalized spacial score (nSPS) is 14.6. The quantitative estimate of drug-likeness (QED) is 0.532. The van der Waals surface area contributed by atoms with Gasteiger partial charge in [-0.1, -0.05) is 17.3 Å². The lowest BCUT2D eigenvalue weighted by Crippen LogP contribution is -2.41. The molecule has 1 saturated heterocycles. The minimum atomic E-state index is -4.54. The van der Waals surface area contributed by atoms with E-state index in [1.807, 2.05) is 6.92 Å². The van der Waals surface area contributed by atoms with Gasteiger partial charge < -0.3 is 19.5 Å². The van der Waals surface area contributed by atoms with Gasteiger partial charge in [0, 0.05) is 49.3 Å². The standard InChI is InChI=1S/C25H24F3N3O4/c1-15-3-5-17(13-20(15)25(26,27)28)23(32)30-18-6-4-16(2)22(14-18)34-19-8-11-31(12-9-19)24(33)21-7-10-29-35-21/h3-7,10,13-14,19H,8-9,11-12H2,1-2H3,(H,30,32). The SMILES string of the molecule is Cc1ccc(NC(=O)c2ccc(C)c(C(F)(F)F)c2)cc1OC1CCN(C(=O)c2ccno2)CC1. The van der Waals surface area contributed by atoms with E-state index < -0.39 is 17.6 Å². The maximum Gasteiger partial charge on any atom is 0.416 e. The first-order valence-electron chi connectivity index (χ1n) is 11.1. The van der Waals surface area contributed by atoms with Gasteiger partial charge in [-0.25, -0.2) is 0 Å². The number of carbonyl (C=O) groups excluding carboxylic acids is 2. The number of nitrogens with zero attached hydrogens (tertiary/aromatic N) is 2. The third kappa shape index (κ3) is 5.64. The number of anilines is 1. The van der Waals surface area contributed by atoms with Gasteiger partial charge in [0.2, 0.25) is 5.76 Å². The molecule has 1 aromatic heterocycles. The van der Waals surface area contributed by atoms with E-state index >= 15 is 0 Å². The molecule has 0 atom stereocenters. The minimum Gasteiger partial charge on any atom is -0.490 e. The Hall–Kier alpha value is -3.82. The van der Waals surface area contributed by atoms with E-state index in [1.165, 1.54) is 31.3 Å². The molecule has 4 rings (SSSR count). The highest BCUT2D eigenvalue weighted by Crippen LogP contribution is 2.33. The number of carbonyl (C=O) groups is 2. The number of likely N-dealkylation sites (tertiary alicyclic amines) is 1. The highest BCUT2D eigenvalue weighted by atomic mass is 19.4. The second kappa shape index (κ2) is 9.81. The summed E-state index contributed by atoms with van der Waals surface area (Å²) < 4.78 is 50.7. The van der Waals surface area contributed by atoms with Crippen LogP contribution in [0.1, 0.15) is 50.4 Å². The van der Waals surface area contributed by atoms with Crippen molar-refractivity contribution in [2.45, 2.75) is 39.0 Å². The maximum atomic E-state index is 13.2. The number of aromatic nitrogens is 1. The highest BCUT2D eigenvalue weighted by Gasteiger charge is 2.33. The lowest BCUT2D eigenvalue weighted by molar-refractivity contribution is -0.138. The number of benzene rings is 2. The van der Waals surface area contributed by atoms with Crippen LogP contribution in [0.3, 0.4) is 0 Å². The van der Waals surface area contributed by atoms with Crippen LogP contribution in [0.4, 0.5) is 18.9 Å². The van der Waals surface area contributed by atoms with Crippen molar-refractivity contribution < 1.29 is 32.0 Å². The van der Waals surface area contributed by atoms with E-state index in [9.17, 15) is 22.8 Å². The van der Waals surface area contributed by atoms with Crippen molar-refractivity contribution in [3.63, 3.8) is 0 Å². The zero-order chi connectivity index (χ0) is 25.2. The number of ether oxygens (including phenoxy) is 1. The first kappa shape index (κ1) is 24.3. The second-order valence-corrected chi connectivity index (χ2v) is 8.45. The number of hydrogen-bond acceptors (Lipinski definition) is 5. The van der Waals surface area contributed by atoms with E-state index in [0.717, 1.165) is 11.6 Å². The Labute approximate surface area is 199 Å². The van der Waals surface area contributed by atoms with E-state index in [-0.39, 0.29) is 28.9 Å². The van der Waals surface area contributed by atoms with E-state index in [0.29, 0.717) is 37.4 Å². The molecule has 35 heavy (non-hydrogen) atoms. The van der Waals surface area contributed by atoms with Crippen molar-refractivity contribution in [1.29, 1.82) is 0 Å². The maximum absolute atomic E-state index is 13.2. The number of rotatable bonds is 5. The molecule has 2 amide bonds. The third-order valence-corrected chi connectivity index (χ3v) is 5.92. The van der Waals surface area contributed by atoms with Crippen LogP contribution in [0.2, 0.25) is 0 Å². The summed E-state index contributed by atoms with van der Waals surface area (Å²) in [5.74, 6) is -0.113. The molecule has 184 valence electrons. The lowest BCUT2D eigenvalue weighted by atomic mass is 10.0. The number of nitrogens with one attached hydrogen (secondary N) is 1. The Bertz CT molecular complexity index is 1220. The van der Waals surface area contributed by atoms with Gasteiger partial charge in [0.15, 0.2) is 0 Å². The van der Waals surface area contributed by atoms with E-state index in [2.05, 4.69) is 10.5 Å². The van der Waals surface area contributed by atoms with Crippen LogP contribution in [-0.2, 0) is 6.18 Å². The van der Waals surface area contributed by atoms with Gasteiger partial charge in [0.1, 0.15) is 11.9 Å². The third-order valence-electron chi connectivity index (χ3n) is 5.92. The fraction of sp³-hybridized carbons (Fsp3) is 0.320. The summed E-state index contributed by atoms with van der Waals surface area (Å²) in [7, 11) is 0. The number of amides is 2. The Morgan fingerprint density at radius 1 is 1.06 bits per heavy atom. The molecule has 7 nitrogen and oxygen atoms in total. The summed E-state index contributed by atoms with van der Waals surface area (Å²) in [4.78, 5) is 26.7. The molecule has 2 aromatic carbocycles. The largest absolute Gasteiger partial charge is 0.490 e. The van der Waals surface area contributed by atoms with Crippen LogP contribution < -0.4 is 10.1 Å². The highest BCUT2D eigenvalue weighted by molar-refractivity contribution is 6.04. The molecule has 1 aliphatic rings. The fourth-order valence-corrected chi connectivity index (χ4v) is 3.91. The van der Waals surface area contributed by atoms with Crippen LogP contribution in [0.25, 0.3) is 0 Å². The van der Waals surface area contributed by atoms with Gasteiger partial charge in [-0.15, -0.1) is 0 Å². The van der Waals surface area contributed by atoms with Crippen molar-refractivity contribution in [2.75, 3.05) is 18.4 Å². The van der Waals surface area contributed by atoms with Crippen molar-refractivity contribution >= 4 is 17.5 Å². The molecule has 0 saturated carbocycles. The summed E-state index contributed by atoms with van der Waals surface area (Å²) in [5.41, 5.74) is 0.371. The van der Waals surface area contributed by atoms with Crippen molar-refractivity contribution in [1.82, 2.24) is 10.1 Å². The van der Waals surface area contributed by atoms with Gasteiger partial charge in [-0.2, -0.15) is 13.2 Å². The molecule has 1 fully saturated rings. The van der Waals surface area contributed by atoms with Crippen molar-refractivity contribution in [3.05, 3.63) is 76.7 Å². The van der Waals surface area contributed by atoms with Crippen LogP contribution in [0, 0.1) is 13.8 Å². The zero-order valence-corrected chi connectivity index (χ0v) is 19.2. The number of hydrogen-bond donors (Lipinski definition) is 1. The number of alkyl halides is 3. The molecule has 0 unspecified atom stereocenters. The fourth-order valence-electron chi connectivity index (χ4n) is 3.91. The van der Waals surface area contributed by atoms with Gasteiger partial charge >= 0.3 is 6.18 Å². The van der Waals surface area contributed by atoms with E-state index in [4.69, 9.17) is 9.26 Å². The van der Waals surface area contributed by atoms with Crippen LogP contribution in [0.5, 0.6) is 5.75 Å². The Balaban J connectivity index is 1.40. The summed E-state index contributed by atoms with van der Waals surface area (Å²) in [6, 6.07) is 10.1.